The van der Waals surface area contributed by atoms with Crippen molar-refractivity contribution in [1.29, 1.82) is 0 Å². The van der Waals surface area contributed by atoms with E-state index in [0.717, 1.165) is 17.9 Å². The molecular formula is C15H17N3. The van der Waals surface area contributed by atoms with E-state index in [1.807, 2.05) is 19.4 Å². The van der Waals surface area contributed by atoms with Gasteiger partial charge in [-0.15, -0.1) is 0 Å². The van der Waals surface area contributed by atoms with E-state index in [1.54, 1.807) is 0 Å². The van der Waals surface area contributed by atoms with Crippen molar-refractivity contribution in [1.82, 2.24) is 4.98 Å². The lowest BCUT2D eigenvalue weighted by molar-refractivity contribution is 0.635. The predicted molar refractivity (Wildman–Crippen MR) is 75.2 cm³/mol. The van der Waals surface area contributed by atoms with E-state index in [2.05, 4.69) is 45.9 Å². The third kappa shape index (κ3) is 2.04. The van der Waals surface area contributed by atoms with Crippen molar-refractivity contribution < 1.29 is 0 Å². The highest BCUT2D eigenvalue weighted by molar-refractivity contribution is 5.54. The Labute approximate surface area is 107 Å². The second kappa shape index (κ2) is 4.69. The van der Waals surface area contributed by atoms with Crippen molar-refractivity contribution in [3.05, 3.63) is 53.9 Å². The summed E-state index contributed by atoms with van der Waals surface area (Å²) in [6.45, 7) is 0.978. The first-order valence-corrected chi connectivity index (χ1v) is 6.31. The van der Waals surface area contributed by atoms with Crippen LogP contribution in [-0.4, -0.2) is 18.6 Å². The molecule has 1 aliphatic carbocycles. The Hall–Kier alpha value is -2.03. The number of hydrogen-bond donors (Lipinski definition) is 2. The smallest absolute Gasteiger partial charge is 0.0547 e. The van der Waals surface area contributed by atoms with Crippen LogP contribution in [0, 0.1) is 0 Å². The van der Waals surface area contributed by atoms with Gasteiger partial charge in [-0.05, 0) is 23.6 Å². The van der Waals surface area contributed by atoms with Gasteiger partial charge >= 0.3 is 0 Å². The van der Waals surface area contributed by atoms with E-state index in [-0.39, 0.29) is 0 Å². The monoisotopic (exact) mass is 239 g/mol. The Morgan fingerprint density at radius 2 is 2.06 bits per heavy atom. The minimum atomic E-state index is 0.638. The predicted octanol–water partition coefficient (Wildman–Crippen LogP) is 2.88. The summed E-state index contributed by atoms with van der Waals surface area (Å²) in [5, 5.41) is 6.56. The number of aromatic nitrogens is 1. The summed E-state index contributed by atoms with van der Waals surface area (Å²) in [6, 6.07) is 10.8. The van der Waals surface area contributed by atoms with Crippen molar-refractivity contribution in [3.8, 4) is 0 Å². The molecule has 1 atom stereocenters. The van der Waals surface area contributed by atoms with Crippen LogP contribution in [-0.2, 0) is 6.42 Å². The number of benzene rings is 1. The molecule has 3 nitrogen and oxygen atoms in total. The molecular weight excluding hydrogens is 222 g/mol. The van der Waals surface area contributed by atoms with Gasteiger partial charge in [0.05, 0.1) is 23.8 Å². The van der Waals surface area contributed by atoms with E-state index in [1.165, 1.54) is 17.5 Å². The van der Waals surface area contributed by atoms with Crippen molar-refractivity contribution in [2.45, 2.75) is 12.3 Å². The molecule has 0 spiro atoms. The van der Waals surface area contributed by atoms with E-state index in [9.17, 15) is 0 Å². The van der Waals surface area contributed by atoms with Gasteiger partial charge in [-0.25, -0.2) is 0 Å². The number of anilines is 2. The molecule has 2 N–H and O–H groups in total. The van der Waals surface area contributed by atoms with Crippen LogP contribution in [0.5, 0.6) is 0 Å². The molecule has 92 valence electrons. The zero-order valence-corrected chi connectivity index (χ0v) is 10.5. The Bertz CT molecular complexity index is 551. The highest BCUT2D eigenvalue weighted by atomic mass is 14.9. The third-order valence-electron chi connectivity index (χ3n) is 3.54. The lowest BCUT2D eigenvalue weighted by Crippen LogP contribution is -2.24. The SMILES string of the molecule is CNc1cncc(NCC2Cc3ccccc32)c1. The summed E-state index contributed by atoms with van der Waals surface area (Å²) in [7, 11) is 1.91. The fraction of sp³-hybridized carbons (Fsp3) is 0.267. The fourth-order valence-corrected chi connectivity index (χ4v) is 2.46. The highest BCUT2D eigenvalue weighted by Gasteiger charge is 2.24. The molecule has 1 unspecified atom stereocenters. The Kier molecular flexibility index (Phi) is 2.89. The van der Waals surface area contributed by atoms with Gasteiger partial charge in [0.2, 0.25) is 0 Å². The third-order valence-corrected chi connectivity index (χ3v) is 3.54. The van der Waals surface area contributed by atoms with Gasteiger partial charge in [-0.1, -0.05) is 24.3 Å². The fourth-order valence-electron chi connectivity index (χ4n) is 2.46. The molecule has 2 aromatic rings. The molecule has 0 fully saturated rings. The summed E-state index contributed by atoms with van der Waals surface area (Å²) in [5.74, 6) is 0.638. The molecule has 3 heteroatoms. The van der Waals surface area contributed by atoms with Crippen LogP contribution < -0.4 is 10.6 Å². The molecule has 0 bridgehead atoms. The summed E-state index contributed by atoms with van der Waals surface area (Å²) >= 11 is 0. The van der Waals surface area contributed by atoms with Crippen molar-refractivity contribution in [2.24, 2.45) is 0 Å². The first-order chi connectivity index (χ1) is 8.86. The molecule has 0 saturated heterocycles. The van der Waals surface area contributed by atoms with Gasteiger partial charge in [-0.2, -0.15) is 0 Å². The average molecular weight is 239 g/mol. The molecule has 1 heterocycles. The average Bonchev–Trinajstić information content (AvgIpc) is 2.40. The van der Waals surface area contributed by atoms with Crippen molar-refractivity contribution >= 4 is 11.4 Å². The molecule has 3 rings (SSSR count). The minimum Gasteiger partial charge on any atom is -0.387 e. The first-order valence-electron chi connectivity index (χ1n) is 6.31. The summed E-state index contributed by atoms with van der Waals surface area (Å²) in [5.41, 5.74) is 5.09. The number of hydrogen-bond acceptors (Lipinski definition) is 3. The largest absolute Gasteiger partial charge is 0.387 e. The van der Waals surface area contributed by atoms with E-state index in [0.29, 0.717) is 5.92 Å². The standard InChI is InChI=1S/C15H17N3/c1-16-13-7-14(10-17-9-13)18-8-12-6-11-4-2-3-5-15(11)12/h2-5,7,9-10,12,16,18H,6,8H2,1H3. The Balaban J connectivity index is 1.63. The quantitative estimate of drug-likeness (QED) is 0.861. The maximum absolute atomic E-state index is 4.20. The van der Waals surface area contributed by atoms with Gasteiger partial charge in [-0.3, -0.25) is 4.98 Å². The van der Waals surface area contributed by atoms with Gasteiger partial charge in [0.25, 0.3) is 0 Å². The number of rotatable bonds is 4. The maximum atomic E-state index is 4.20. The highest BCUT2D eigenvalue weighted by Crippen LogP contribution is 2.34. The molecule has 1 aromatic heterocycles. The summed E-state index contributed by atoms with van der Waals surface area (Å²) in [6.07, 6.45) is 4.87. The summed E-state index contributed by atoms with van der Waals surface area (Å²) < 4.78 is 0. The van der Waals surface area contributed by atoms with E-state index >= 15 is 0 Å². The topological polar surface area (TPSA) is 37.0 Å². The molecule has 0 amide bonds. The first kappa shape index (κ1) is 11.1. The lowest BCUT2D eigenvalue weighted by atomic mass is 9.77. The molecule has 0 saturated carbocycles. The number of nitrogens with zero attached hydrogens (tertiary/aromatic N) is 1. The Morgan fingerprint density at radius 1 is 1.22 bits per heavy atom. The number of nitrogens with one attached hydrogen (secondary N) is 2. The van der Waals surface area contributed by atoms with Crippen LogP contribution in [0.15, 0.2) is 42.7 Å². The Morgan fingerprint density at radius 3 is 2.89 bits per heavy atom. The van der Waals surface area contributed by atoms with Crippen molar-refractivity contribution in [3.63, 3.8) is 0 Å². The molecule has 1 aromatic carbocycles. The minimum absolute atomic E-state index is 0.638. The lowest BCUT2D eigenvalue weighted by Gasteiger charge is -2.30. The molecule has 0 radical (unpaired) electrons. The van der Waals surface area contributed by atoms with Crippen LogP contribution >= 0.6 is 0 Å². The van der Waals surface area contributed by atoms with Crippen LogP contribution in [0.25, 0.3) is 0 Å². The number of pyridine rings is 1. The van der Waals surface area contributed by atoms with Crippen LogP contribution in [0.4, 0.5) is 11.4 Å². The summed E-state index contributed by atoms with van der Waals surface area (Å²) in [4.78, 5) is 4.20. The second-order valence-corrected chi connectivity index (χ2v) is 4.69. The molecule has 0 aliphatic heterocycles. The van der Waals surface area contributed by atoms with Crippen LogP contribution in [0.3, 0.4) is 0 Å². The molecule has 18 heavy (non-hydrogen) atoms. The van der Waals surface area contributed by atoms with Crippen LogP contribution in [0.1, 0.15) is 17.0 Å². The zero-order chi connectivity index (χ0) is 12.4. The molecule has 1 aliphatic rings. The van der Waals surface area contributed by atoms with Gasteiger partial charge < -0.3 is 10.6 Å². The second-order valence-electron chi connectivity index (χ2n) is 4.69. The normalized spacial score (nSPS) is 16.6. The van der Waals surface area contributed by atoms with E-state index < -0.39 is 0 Å². The van der Waals surface area contributed by atoms with Gasteiger partial charge in [0.1, 0.15) is 0 Å². The zero-order valence-electron chi connectivity index (χ0n) is 10.5. The van der Waals surface area contributed by atoms with Gasteiger partial charge in [0.15, 0.2) is 0 Å². The van der Waals surface area contributed by atoms with Gasteiger partial charge in [0, 0.05) is 19.5 Å². The van der Waals surface area contributed by atoms with Crippen molar-refractivity contribution in [2.75, 3.05) is 24.2 Å². The van der Waals surface area contributed by atoms with Crippen LogP contribution in [0.2, 0.25) is 0 Å². The number of fused-ring (bicyclic) bond motifs is 1. The maximum Gasteiger partial charge on any atom is 0.0547 e. The van der Waals surface area contributed by atoms with E-state index in [4.69, 9.17) is 0 Å².